The van der Waals surface area contributed by atoms with Gasteiger partial charge in [0, 0.05) is 12.5 Å². The van der Waals surface area contributed by atoms with Gasteiger partial charge < -0.3 is 15.2 Å². The Morgan fingerprint density at radius 1 is 1.53 bits per heavy atom. The summed E-state index contributed by atoms with van der Waals surface area (Å²) in [5.74, 6) is 0.799. The van der Waals surface area contributed by atoms with Crippen LogP contribution in [0.3, 0.4) is 0 Å². The Morgan fingerprint density at radius 3 is 3.16 bits per heavy atom. The predicted molar refractivity (Wildman–Crippen MR) is 73.2 cm³/mol. The molecule has 0 saturated heterocycles. The van der Waals surface area contributed by atoms with Crippen molar-refractivity contribution in [1.29, 1.82) is 0 Å². The summed E-state index contributed by atoms with van der Waals surface area (Å²) in [5.41, 5.74) is 8.52. The van der Waals surface area contributed by atoms with Crippen molar-refractivity contribution in [1.82, 2.24) is 0 Å². The summed E-state index contributed by atoms with van der Waals surface area (Å²) >= 11 is 0. The molecule has 0 bridgehead atoms. The van der Waals surface area contributed by atoms with E-state index in [1.807, 2.05) is 6.07 Å². The number of nitrogens with two attached hydrogens (primary N) is 1. The maximum atomic E-state index is 11.1. The molecular formula is C15H21NO3. The molecule has 1 heterocycles. The van der Waals surface area contributed by atoms with Crippen LogP contribution in [0.2, 0.25) is 0 Å². The fourth-order valence-electron chi connectivity index (χ4n) is 2.35. The molecule has 2 rings (SSSR count). The Hall–Kier alpha value is -1.55. The van der Waals surface area contributed by atoms with Gasteiger partial charge in [0.05, 0.1) is 13.7 Å². The molecule has 0 amide bonds. The van der Waals surface area contributed by atoms with E-state index < -0.39 is 0 Å². The average Bonchev–Trinajstić information content (AvgIpc) is 2.44. The van der Waals surface area contributed by atoms with Gasteiger partial charge in [-0.15, -0.1) is 0 Å². The summed E-state index contributed by atoms with van der Waals surface area (Å²) in [7, 11) is 1.40. The second-order valence-corrected chi connectivity index (χ2v) is 4.97. The highest BCUT2D eigenvalue weighted by molar-refractivity contribution is 5.69. The number of carbonyl (C=O) groups is 1. The average molecular weight is 263 g/mol. The molecule has 1 unspecified atom stereocenters. The molecule has 0 saturated carbocycles. The van der Waals surface area contributed by atoms with Crippen LogP contribution in [0, 0.1) is 0 Å². The van der Waals surface area contributed by atoms with Crippen molar-refractivity contribution < 1.29 is 14.3 Å². The Kier molecular flexibility index (Phi) is 4.80. The largest absolute Gasteiger partial charge is 0.493 e. The first-order valence-electron chi connectivity index (χ1n) is 6.76. The maximum Gasteiger partial charge on any atom is 0.305 e. The van der Waals surface area contributed by atoms with Crippen LogP contribution in [0.15, 0.2) is 18.2 Å². The maximum absolute atomic E-state index is 11.1. The molecule has 19 heavy (non-hydrogen) atoms. The monoisotopic (exact) mass is 263 g/mol. The minimum absolute atomic E-state index is 0.0124. The van der Waals surface area contributed by atoms with E-state index in [1.54, 1.807) is 0 Å². The SMILES string of the molecule is COC(=O)CCC(N)Cc1ccc2c(c1)CCCO2. The standard InChI is InChI=1S/C15H21NO3/c1-18-15(17)7-5-13(16)10-11-4-6-14-12(9-11)3-2-8-19-14/h4,6,9,13H,2-3,5,7-8,10,16H2,1H3. The number of ether oxygens (including phenoxy) is 2. The number of carbonyl (C=O) groups excluding carboxylic acids is 1. The van der Waals surface area contributed by atoms with Crippen molar-refractivity contribution in [3.63, 3.8) is 0 Å². The normalized spacial score (nSPS) is 15.3. The lowest BCUT2D eigenvalue weighted by molar-refractivity contribution is -0.140. The topological polar surface area (TPSA) is 61.5 Å². The summed E-state index contributed by atoms with van der Waals surface area (Å²) < 4.78 is 10.2. The molecule has 0 spiro atoms. The lowest BCUT2D eigenvalue weighted by Gasteiger charge is -2.19. The molecule has 4 nitrogen and oxygen atoms in total. The van der Waals surface area contributed by atoms with E-state index in [0.717, 1.165) is 31.6 Å². The molecular weight excluding hydrogens is 242 g/mol. The van der Waals surface area contributed by atoms with Gasteiger partial charge >= 0.3 is 5.97 Å². The molecule has 1 aromatic carbocycles. The van der Waals surface area contributed by atoms with Crippen LogP contribution in [-0.2, 0) is 22.4 Å². The number of benzene rings is 1. The van der Waals surface area contributed by atoms with E-state index in [9.17, 15) is 4.79 Å². The molecule has 1 atom stereocenters. The number of aryl methyl sites for hydroxylation is 1. The Morgan fingerprint density at radius 2 is 2.37 bits per heavy atom. The summed E-state index contributed by atoms with van der Waals surface area (Å²) in [5, 5.41) is 0. The first kappa shape index (κ1) is 13.9. The summed E-state index contributed by atoms with van der Waals surface area (Å²) in [6.45, 7) is 0.811. The second kappa shape index (κ2) is 6.57. The van der Waals surface area contributed by atoms with Crippen LogP contribution >= 0.6 is 0 Å². The van der Waals surface area contributed by atoms with Crippen molar-refractivity contribution in [3.8, 4) is 5.75 Å². The molecule has 0 fully saturated rings. The molecule has 104 valence electrons. The molecule has 0 radical (unpaired) electrons. The first-order valence-corrected chi connectivity index (χ1v) is 6.76. The van der Waals surface area contributed by atoms with Crippen molar-refractivity contribution in [2.24, 2.45) is 5.73 Å². The minimum atomic E-state index is -0.200. The second-order valence-electron chi connectivity index (χ2n) is 4.97. The van der Waals surface area contributed by atoms with E-state index in [-0.39, 0.29) is 12.0 Å². The number of fused-ring (bicyclic) bond motifs is 1. The van der Waals surface area contributed by atoms with E-state index in [0.29, 0.717) is 12.8 Å². The summed E-state index contributed by atoms with van der Waals surface area (Å²) in [6, 6.07) is 6.24. The van der Waals surface area contributed by atoms with Gasteiger partial charge in [-0.3, -0.25) is 4.79 Å². The predicted octanol–water partition coefficient (Wildman–Crippen LogP) is 1.83. The van der Waals surface area contributed by atoms with Gasteiger partial charge in [-0.25, -0.2) is 0 Å². The third-order valence-electron chi connectivity index (χ3n) is 3.42. The van der Waals surface area contributed by atoms with Crippen LogP contribution in [0.4, 0.5) is 0 Å². The van der Waals surface area contributed by atoms with Crippen LogP contribution in [0.25, 0.3) is 0 Å². The third-order valence-corrected chi connectivity index (χ3v) is 3.42. The highest BCUT2D eigenvalue weighted by Crippen LogP contribution is 2.26. The van der Waals surface area contributed by atoms with Gasteiger partial charge in [-0.2, -0.15) is 0 Å². The zero-order chi connectivity index (χ0) is 13.7. The van der Waals surface area contributed by atoms with Crippen LogP contribution in [0.1, 0.15) is 30.4 Å². The van der Waals surface area contributed by atoms with Gasteiger partial charge in [0.2, 0.25) is 0 Å². The molecule has 4 heteroatoms. The lowest BCUT2D eigenvalue weighted by atomic mass is 9.98. The number of rotatable bonds is 5. The van der Waals surface area contributed by atoms with Gasteiger partial charge in [-0.05, 0) is 42.9 Å². The lowest BCUT2D eigenvalue weighted by Crippen LogP contribution is -2.24. The van der Waals surface area contributed by atoms with Gasteiger partial charge in [-0.1, -0.05) is 12.1 Å². The Labute approximate surface area is 113 Å². The highest BCUT2D eigenvalue weighted by Gasteiger charge is 2.12. The van der Waals surface area contributed by atoms with Crippen molar-refractivity contribution in [3.05, 3.63) is 29.3 Å². The molecule has 0 aromatic heterocycles. The van der Waals surface area contributed by atoms with E-state index >= 15 is 0 Å². The molecule has 1 aliphatic rings. The van der Waals surface area contributed by atoms with E-state index in [2.05, 4.69) is 16.9 Å². The fraction of sp³-hybridized carbons (Fsp3) is 0.533. The van der Waals surface area contributed by atoms with Crippen molar-refractivity contribution >= 4 is 5.97 Å². The van der Waals surface area contributed by atoms with Gasteiger partial charge in [0.15, 0.2) is 0 Å². The van der Waals surface area contributed by atoms with Crippen LogP contribution in [-0.4, -0.2) is 25.7 Å². The number of methoxy groups -OCH3 is 1. The van der Waals surface area contributed by atoms with Gasteiger partial charge in [0.1, 0.15) is 5.75 Å². The molecule has 1 aliphatic heterocycles. The Bertz CT molecular complexity index is 445. The number of esters is 1. The first-order chi connectivity index (χ1) is 9.19. The van der Waals surface area contributed by atoms with Crippen LogP contribution < -0.4 is 10.5 Å². The number of hydrogen-bond donors (Lipinski definition) is 1. The molecule has 1 aromatic rings. The Balaban J connectivity index is 1.90. The zero-order valence-electron chi connectivity index (χ0n) is 11.4. The van der Waals surface area contributed by atoms with E-state index in [1.165, 1.54) is 18.2 Å². The van der Waals surface area contributed by atoms with Crippen LogP contribution in [0.5, 0.6) is 5.75 Å². The smallest absolute Gasteiger partial charge is 0.305 e. The molecule has 0 aliphatic carbocycles. The fourth-order valence-corrected chi connectivity index (χ4v) is 2.35. The van der Waals surface area contributed by atoms with Crippen molar-refractivity contribution in [2.45, 2.75) is 38.1 Å². The minimum Gasteiger partial charge on any atom is -0.493 e. The molecule has 2 N–H and O–H groups in total. The zero-order valence-corrected chi connectivity index (χ0v) is 11.4. The van der Waals surface area contributed by atoms with Crippen molar-refractivity contribution in [2.75, 3.05) is 13.7 Å². The summed E-state index contributed by atoms with van der Waals surface area (Å²) in [4.78, 5) is 11.1. The van der Waals surface area contributed by atoms with E-state index in [4.69, 9.17) is 10.5 Å². The third kappa shape index (κ3) is 3.96. The summed E-state index contributed by atoms with van der Waals surface area (Å²) in [6.07, 6.45) is 3.96. The quantitative estimate of drug-likeness (QED) is 0.823. The highest BCUT2D eigenvalue weighted by atomic mass is 16.5. The van der Waals surface area contributed by atoms with Gasteiger partial charge in [0.25, 0.3) is 0 Å². The number of hydrogen-bond acceptors (Lipinski definition) is 4.